The number of carbonyl (C=O) groups excluding carboxylic acids is 2. The molecule has 3 aromatic rings. The molecule has 0 unspecified atom stereocenters. The lowest BCUT2D eigenvalue weighted by Gasteiger charge is -2.27. The predicted molar refractivity (Wildman–Crippen MR) is 134 cm³/mol. The van der Waals surface area contributed by atoms with Crippen LogP contribution in [0.2, 0.25) is 0 Å². The van der Waals surface area contributed by atoms with Crippen molar-refractivity contribution in [2.24, 2.45) is 11.1 Å². The summed E-state index contributed by atoms with van der Waals surface area (Å²) in [6.45, 7) is 2.61. The highest BCUT2D eigenvalue weighted by atomic mass is 16.7. The molecule has 8 nitrogen and oxygen atoms in total. The lowest BCUT2D eigenvalue weighted by atomic mass is 9.74. The Kier molecular flexibility index (Phi) is 6.10. The molecule has 0 fully saturated rings. The number of ether oxygens (including phenoxy) is 3. The SMILES string of the molecule is CCCOc1ccc(C(=O)[C@H]2C(c3ccc(OC)cc3OC)=NO[C@@]23C(=O)Nc2ccccc23)cc1. The smallest absolute Gasteiger partial charge is 0.277 e. The molecule has 0 bridgehead atoms. The van der Waals surface area contributed by atoms with Crippen LogP contribution >= 0.6 is 0 Å². The van der Waals surface area contributed by atoms with Gasteiger partial charge < -0.3 is 24.4 Å². The van der Waals surface area contributed by atoms with E-state index in [0.29, 0.717) is 51.9 Å². The first-order valence-electron chi connectivity index (χ1n) is 11.7. The normalized spacial score (nSPS) is 19.8. The molecule has 36 heavy (non-hydrogen) atoms. The second-order valence-corrected chi connectivity index (χ2v) is 8.54. The average molecular weight is 487 g/mol. The molecule has 0 radical (unpaired) electrons. The van der Waals surface area contributed by atoms with Gasteiger partial charge in [0.15, 0.2) is 5.78 Å². The van der Waals surface area contributed by atoms with E-state index in [2.05, 4.69) is 10.5 Å². The van der Waals surface area contributed by atoms with Gasteiger partial charge in [0.05, 0.1) is 20.8 Å². The van der Waals surface area contributed by atoms with Crippen LogP contribution in [0, 0.1) is 5.92 Å². The molecular formula is C28H26N2O6. The number of oxime groups is 1. The van der Waals surface area contributed by atoms with Crippen LogP contribution < -0.4 is 19.5 Å². The number of rotatable bonds is 8. The number of hydrogen-bond acceptors (Lipinski definition) is 7. The quantitative estimate of drug-likeness (QED) is 0.469. The van der Waals surface area contributed by atoms with Gasteiger partial charge in [-0.15, -0.1) is 0 Å². The molecule has 8 heteroatoms. The van der Waals surface area contributed by atoms with Gasteiger partial charge in [-0.25, -0.2) is 0 Å². The molecule has 1 amide bonds. The molecule has 2 aliphatic rings. The molecule has 1 spiro atoms. The summed E-state index contributed by atoms with van der Waals surface area (Å²) >= 11 is 0. The Balaban J connectivity index is 1.63. The van der Waals surface area contributed by atoms with Gasteiger partial charge in [-0.3, -0.25) is 9.59 Å². The van der Waals surface area contributed by atoms with E-state index in [-0.39, 0.29) is 5.78 Å². The summed E-state index contributed by atoms with van der Waals surface area (Å²) < 4.78 is 16.6. The standard InChI is InChI=1S/C28H26N2O6/c1-4-15-35-18-11-9-17(10-12-18)26(31)24-25(20-14-13-19(33-2)16-23(20)34-3)30-36-28(24)21-7-5-6-8-22(21)29-27(28)32/h5-14,16,24H,4,15H2,1-3H3,(H,29,32)/t24-,28-/m1/s1. The molecule has 5 rings (SSSR count). The number of carbonyl (C=O) groups is 2. The number of hydrogen-bond donors (Lipinski definition) is 1. The summed E-state index contributed by atoms with van der Waals surface area (Å²) in [7, 11) is 3.08. The van der Waals surface area contributed by atoms with Crippen molar-refractivity contribution in [3.05, 3.63) is 83.4 Å². The Morgan fingerprint density at radius 2 is 1.78 bits per heavy atom. The number of nitrogens with one attached hydrogen (secondary N) is 1. The third-order valence-electron chi connectivity index (χ3n) is 6.44. The van der Waals surface area contributed by atoms with Gasteiger partial charge in [0.2, 0.25) is 0 Å². The highest BCUT2D eigenvalue weighted by Gasteiger charge is 2.63. The number of anilines is 1. The maximum Gasteiger partial charge on any atom is 0.277 e. The number of methoxy groups -OCH3 is 2. The van der Waals surface area contributed by atoms with E-state index in [4.69, 9.17) is 19.0 Å². The van der Waals surface area contributed by atoms with Crippen molar-refractivity contribution >= 4 is 23.1 Å². The number of nitrogens with zero attached hydrogens (tertiary/aromatic N) is 1. The van der Waals surface area contributed by atoms with E-state index in [1.54, 1.807) is 67.8 Å². The highest BCUT2D eigenvalue weighted by Crippen LogP contribution is 2.50. The lowest BCUT2D eigenvalue weighted by molar-refractivity contribution is -0.140. The summed E-state index contributed by atoms with van der Waals surface area (Å²) in [5, 5.41) is 7.19. The lowest BCUT2D eigenvalue weighted by Crippen LogP contribution is -2.46. The zero-order chi connectivity index (χ0) is 25.3. The minimum absolute atomic E-state index is 0.303. The monoisotopic (exact) mass is 486 g/mol. The van der Waals surface area contributed by atoms with Gasteiger partial charge in [0, 0.05) is 28.4 Å². The molecular weight excluding hydrogens is 460 g/mol. The number of amides is 1. The number of ketones is 1. The third kappa shape index (κ3) is 3.66. The number of fused-ring (bicyclic) bond motifs is 2. The molecule has 0 saturated carbocycles. The van der Waals surface area contributed by atoms with Crippen LogP contribution in [-0.4, -0.2) is 38.2 Å². The van der Waals surface area contributed by atoms with Gasteiger partial charge in [0.1, 0.15) is 28.9 Å². The first-order chi connectivity index (χ1) is 17.5. The molecule has 2 atom stereocenters. The van der Waals surface area contributed by atoms with E-state index in [1.165, 1.54) is 7.11 Å². The van der Waals surface area contributed by atoms with E-state index >= 15 is 0 Å². The maximum atomic E-state index is 14.1. The van der Waals surface area contributed by atoms with Gasteiger partial charge in [-0.2, -0.15) is 0 Å². The van der Waals surface area contributed by atoms with Gasteiger partial charge in [0.25, 0.3) is 11.5 Å². The fraction of sp³-hybridized carbons (Fsp3) is 0.250. The third-order valence-corrected chi connectivity index (χ3v) is 6.44. The maximum absolute atomic E-state index is 14.1. The van der Waals surface area contributed by atoms with Crippen molar-refractivity contribution in [2.45, 2.75) is 18.9 Å². The molecule has 0 aliphatic carbocycles. The Labute approximate surface area is 208 Å². The van der Waals surface area contributed by atoms with Crippen LogP contribution in [0.25, 0.3) is 0 Å². The summed E-state index contributed by atoms with van der Waals surface area (Å²) in [5.41, 5.74) is 0.743. The van der Waals surface area contributed by atoms with Gasteiger partial charge in [-0.1, -0.05) is 30.3 Å². The first kappa shape index (κ1) is 23.4. The molecule has 184 valence electrons. The second kappa shape index (κ2) is 9.37. The van der Waals surface area contributed by atoms with Crippen LogP contribution in [0.1, 0.15) is 34.8 Å². The van der Waals surface area contributed by atoms with Crippen LogP contribution in [0.3, 0.4) is 0 Å². The van der Waals surface area contributed by atoms with Crippen molar-refractivity contribution in [1.82, 2.24) is 0 Å². The van der Waals surface area contributed by atoms with Gasteiger partial charge >= 0.3 is 0 Å². The van der Waals surface area contributed by atoms with Crippen LogP contribution in [0.5, 0.6) is 17.2 Å². The van der Waals surface area contributed by atoms with E-state index in [9.17, 15) is 9.59 Å². The fourth-order valence-corrected chi connectivity index (χ4v) is 4.68. The summed E-state index contributed by atoms with van der Waals surface area (Å²) in [6.07, 6.45) is 0.876. The zero-order valence-electron chi connectivity index (χ0n) is 20.2. The van der Waals surface area contributed by atoms with Gasteiger partial charge in [-0.05, 0) is 48.9 Å². The zero-order valence-corrected chi connectivity index (χ0v) is 20.2. The van der Waals surface area contributed by atoms with E-state index < -0.39 is 17.4 Å². The minimum Gasteiger partial charge on any atom is -0.497 e. The molecule has 1 N–H and O–H groups in total. The Morgan fingerprint density at radius 1 is 1.03 bits per heavy atom. The van der Waals surface area contributed by atoms with Crippen LogP contribution in [-0.2, 0) is 15.2 Å². The largest absolute Gasteiger partial charge is 0.497 e. The van der Waals surface area contributed by atoms with Crippen molar-refractivity contribution < 1.29 is 28.6 Å². The Hall–Kier alpha value is -4.33. The fourth-order valence-electron chi connectivity index (χ4n) is 4.68. The van der Waals surface area contributed by atoms with Crippen molar-refractivity contribution in [3.63, 3.8) is 0 Å². The Morgan fingerprint density at radius 3 is 2.50 bits per heavy atom. The van der Waals surface area contributed by atoms with Crippen LogP contribution in [0.15, 0.2) is 71.9 Å². The van der Waals surface area contributed by atoms with E-state index in [0.717, 1.165) is 6.42 Å². The molecule has 0 saturated heterocycles. The molecule has 0 aromatic heterocycles. The molecule has 2 heterocycles. The van der Waals surface area contributed by atoms with Crippen LogP contribution in [0.4, 0.5) is 5.69 Å². The van der Waals surface area contributed by atoms with Crippen molar-refractivity contribution in [2.75, 3.05) is 26.1 Å². The number of para-hydroxylation sites is 1. The minimum atomic E-state index is -1.65. The van der Waals surface area contributed by atoms with Crippen molar-refractivity contribution in [3.8, 4) is 17.2 Å². The van der Waals surface area contributed by atoms with E-state index in [1.807, 2.05) is 13.0 Å². The summed E-state index contributed by atoms with van der Waals surface area (Å²) in [6, 6.07) is 19.3. The molecule has 2 aliphatic heterocycles. The molecule has 3 aromatic carbocycles. The predicted octanol–water partition coefficient (Wildman–Crippen LogP) is 4.57. The van der Waals surface area contributed by atoms with Crippen molar-refractivity contribution in [1.29, 1.82) is 0 Å². The summed E-state index contributed by atoms with van der Waals surface area (Å²) in [4.78, 5) is 33.6. The summed E-state index contributed by atoms with van der Waals surface area (Å²) in [5.74, 6) is -0.124. The first-order valence-corrected chi connectivity index (χ1v) is 11.7. The topological polar surface area (TPSA) is 95.5 Å². The number of benzene rings is 3. The highest BCUT2D eigenvalue weighted by molar-refractivity contribution is 6.25. The average Bonchev–Trinajstić information content (AvgIpc) is 3.45. The Bertz CT molecular complexity index is 1350. The second-order valence-electron chi connectivity index (χ2n) is 8.54. The number of Topliss-reactive ketones (excluding diaryl/α,β-unsaturated/α-hetero) is 1.